The van der Waals surface area contributed by atoms with E-state index >= 15 is 0 Å². The summed E-state index contributed by atoms with van der Waals surface area (Å²) in [6, 6.07) is 9.48. The normalized spacial score (nSPS) is 12.4. The Balaban J connectivity index is 2.23. The molecule has 1 aromatic carbocycles. The van der Waals surface area contributed by atoms with Gasteiger partial charge in [-0.15, -0.1) is 0 Å². The second-order valence-electron chi connectivity index (χ2n) is 3.65. The van der Waals surface area contributed by atoms with Crippen molar-refractivity contribution in [2.45, 2.75) is 22.8 Å². The third kappa shape index (κ3) is 3.22. The average molecular weight is 266 g/mol. The van der Waals surface area contributed by atoms with Crippen LogP contribution in [0.2, 0.25) is 5.02 Å². The van der Waals surface area contributed by atoms with E-state index in [1.807, 2.05) is 24.3 Å². The lowest BCUT2D eigenvalue weighted by atomic mass is 10.1. The van der Waals surface area contributed by atoms with E-state index in [-0.39, 0.29) is 0 Å². The van der Waals surface area contributed by atoms with Crippen molar-refractivity contribution in [2.75, 3.05) is 0 Å². The number of nitrogens with zero attached hydrogens (tertiary/aromatic N) is 1. The first-order chi connectivity index (χ1) is 8.16. The zero-order valence-corrected chi connectivity index (χ0v) is 10.9. The van der Waals surface area contributed by atoms with Crippen LogP contribution in [0, 0.1) is 0 Å². The third-order valence-corrected chi connectivity index (χ3v) is 3.82. The first kappa shape index (κ1) is 12.4. The van der Waals surface area contributed by atoms with Crippen molar-refractivity contribution in [1.82, 2.24) is 4.98 Å². The Morgan fingerprint density at radius 3 is 2.53 bits per heavy atom. The number of aliphatic hydroxyl groups excluding tert-OH is 1. The average Bonchev–Trinajstić information content (AvgIpc) is 2.33. The van der Waals surface area contributed by atoms with Gasteiger partial charge >= 0.3 is 0 Å². The number of benzene rings is 1. The van der Waals surface area contributed by atoms with Crippen molar-refractivity contribution < 1.29 is 5.11 Å². The Kier molecular flexibility index (Phi) is 4.05. The van der Waals surface area contributed by atoms with Crippen molar-refractivity contribution in [2.24, 2.45) is 0 Å². The van der Waals surface area contributed by atoms with Crippen LogP contribution >= 0.6 is 23.4 Å². The Morgan fingerprint density at radius 1 is 1.24 bits per heavy atom. The van der Waals surface area contributed by atoms with Gasteiger partial charge in [0.05, 0.1) is 11.1 Å². The zero-order valence-electron chi connectivity index (χ0n) is 9.30. The van der Waals surface area contributed by atoms with E-state index in [9.17, 15) is 5.11 Å². The fourth-order valence-electron chi connectivity index (χ4n) is 1.39. The van der Waals surface area contributed by atoms with E-state index in [0.29, 0.717) is 5.02 Å². The van der Waals surface area contributed by atoms with Crippen LogP contribution in [0.3, 0.4) is 0 Å². The van der Waals surface area contributed by atoms with Crippen molar-refractivity contribution in [3.63, 3.8) is 0 Å². The van der Waals surface area contributed by atoms with Gasteiger partial charge in [0.15, 0.2) is 0 Å². The Morgan fingerprint density at radius 2 is 1.94 bits per heavy atom. The van der Waals surface area contributed by atoms with E-state index in [1.165, 1.54) is 0 Å². The number of hydrogen-bond donors (Lipinski definition) is 1. The van der Waals surface area contributed by atoms with Gasteiger partial charge in [0.25, 0.3) is 0 Å². The molecule has 1 N–H and O–H groups in total. The summed E-state index contributed by atoms with van der Waals surface area (Å²) in [5.74, 6) is 0. The van der Waals surface area contributed by atoms with Crippen LogP contribution in [0.4, 0.5) is 0 Å². The summed E-state index contributed by atoms with van der Waals surface area (Å²) in [4.78, 5) is 6.03. The second-order valence-corrected chi connectivity index (χ2v) is 5.17. The molecule has 2 aromatic rings. The molecule has 0 unspecified atom stereocenters. The van der Waals surface area contributed by atoms with E-state index in [1.54, 1.807) is 37.1 Å². The van der Waals surface area contributed by atoms with Crippen LogP contribution in [0.15, 0.2) is 52.5 Å². The highest BCUT2D eigenvalue weighted by Gasteiger charge is 2.06. The first-order valence-corrected chi connectivity index (χ1v) is 6.41. The van der Waals surface area contributed by atoms with Crippen LogP contribution < -0.4 is 0 Å². The standard InChI is InChI=1S/C13H12ClNOS/c1-9(16)10-2-3-13(12(14)8-10)17-11-4-6-15-7-5-11/h2-9,16H,1H3/t9-/m1/s1. The molecule has 0 amide bonds. The predicted octanol–water partition coefficient (Wildman–Crippen LogP) is 3.94. The van der Waals surface area contributed by atoms with Crippen LogP contribution in [0.25, 0.3) is 0 Å². The van der Waals surface area contributed by atoms with Crippen LogP contribution in [0.5, 0.6) is 0 Å². The molecule has 0 aliphatic carbocycles. The molecule has 0 saturated carbocycles. The Labute approximate surface area is 110 Å². The summed E-state index contributed by atoms with van der Waals surface area (Å²) in [5.41, 5.74) is 0.828. The van der Waals surface area contributed by atoms with Crippen molar-refractivity contribution in [3.05, 3.63) is 53.3 Å². The molecular formula is C13H12ClNOS. The molecule has 17 heavy (non-hydrogen) atoms. The predicted molar refractivity (Wildman–Crippen MR) is 70.4 cm³/mol. The van der Waals surface area contributed by atoms with Crippen molar-refractivity contribution in [1.29, 1.82) is 0 Å². The maximum Gasteiger partial charge on any atom is 0.0762 e. The molecule has 1 atom stereocenters. The van der Waals surface area contributed by atoms with Gasteiger partial charge in [-0.05, 0) is 36.8 Å². The summed E-state index contributed by atoms with van der Waals surface area (Å²) in [5, 5.41) is 10.1. The highest BCUT2D eigenvalue weighted by Crippen LogP contribution is 2.34. The van der Waals surface area contributed by atoms with Crippen molar-refractivity contribution >= 4 is 23.4 Å². The summed E-state index contributed by atoms with van der Waals surface area (Å²) < 4.78 is 0. The molecule has 0 radical (unpaired) electrons. The molecule has 0 bridgehead atoms. The fraction of sp³-hybridized carbons (Fsp3) is 0.154. The van der Waals surface area contributed by atoms with Gasteiger partial charge in [-0.3, -0.25) is 4.98 Å². The molecule has 4 heteroatoms. The molecule has 1 aromatic heterocycles. The molecular weight excluding hydrogens is 254 g/mol. The van der Waals surface area contributed by atoms with Gasteiger partial charge in [-0.25, -0.2) is 0 Å². The van der Waals surface area contributed by atoms with Gasteiger partial charge in [0.1, 0.15) is 0 Å². The SMILES string of the molecule is C[C@@H](O)c1ccc(Sc2ccncc2)c(Cl)c1. The third-order valence-electron chi connectivity index (χ3n) is 2.32. The molecule has 88 valence electrons. The second kappa shape index (κ2) is 5.54. The highest BCUT2D eigenvalue weighted by atomic mass is 35.5. The van der Waals surface area contributed by atoms with Gasteiger partial charge in [0.2, 0.25) is 0 Å². The highest BCUT2D eigenvalue weighted by molar-refractivity contribution is 7.99. The van der Waals surface area contributed by atoms with Gasteiger partial charge < -0.3 is 5.11 Å². The maximum atomic E-state index is 9.46. The summed E-state index contributed by atoms with van der Waals surface area (Å²) in [6.45, 7) is 1.72. The zero-order chi connectivity index (χ0) is 12.3. The van der Waals surface area contributed by atoms with E-state index in [4.69, 9.17) is 11.6 Å². The first-order valence-electron chi connectivity index (χ1n) is 5.22. The quantitative estimate of drug-likeness (QED) is 0.913. The minimum Gasteiger partial charge on any atom is -0.389 e. The summed E-state index contributed by atoms with van der Waals surface area (Å²) in [6.07, 6.45) is 3.01. The monoisotopic (exact) mass is 265 g/mol. The Bertz CT molecular complexity index is 502. The van der Waals surface area contributed by atoms with Gasteiger partial charge in [-0.2, -0.15) is 0 Å². The molecule has 2 rings (SSSR count). The largest absolute Gasteiger partial charge is 0.389 e. The van der Waals surface area contributed by atoms with E-state index in [2.05, 4.69) is 4.98 Å². The molecule has 0 aliphatic heterocycles. The van der Waals surface area contributed by atoms with Crippen LogP contribution in [-0.2, 0) is 0 Å². The summed E-state index contributed by atoms with van der Waals surface area (Å²) in [7, 11) is 0. The van der Waals surface area contributed by atoms with E-state index in [0.717, 1.165) is 15.4 Å². The molecule has 0 spiro atoms. The summed E-state index contributed by atoms with van der Waals surface area (Å²) >= 11 is 7.76. The van der Waals surface area contributed by atoms with Gasteiger partial charge in [0, 0.05) is 22.2 Å². The van der Waals surface area contributed by atoms with E-state index < -0.39 is 6.10 Å². The smallest absolute Gasteiger partial charge is 0.0762 e. The number of halogens is 1. The molecule has 1 heterocycles. The van der Waals surface area contributed by atoms with Crippen LogP contribution in [0.1, 0.15) is 18.6 Å². The maximum absolute atomic E-state index is 9.46. The Hall–Kier alpha value is -1.03. The minimum atomic E-state index is -0.493. The van der Waals surface area contributed by atoms with Gasteiger partial charge in [-0.1, -0.05) is 29.4 Å². The number of hydrogen-bond acceptors (Lipinski definition) is 3. The lowest BCUT2D eigenvalue weighted by molar-refractivity contribution is 0.199. The number of pyridine rings is 1. The lowest BCUT2D eigenvalue weighted by Gasteiger charge is -2.08. The van der Waals surface area contributed by atoms with Crippen molar-refractivity contribution in [3.8, 4) is 0 Å². The molecule has 0 fully saturated rings. The lowest BCUT2D eigenvalue weighted by Crippen LogP contribution is -1.90. The topological polar surface area (TPSA) is 33.1 Å². The van der Waals surface area contributed by atoms with Crippen LogP contribution in [-0.4, -0.2) is 10.1 Å². The fourth-order valence-corrected chi connectivity index (χ4v) is 2.50. The molecule has 2 nitrogen and oxygen atoms in total. The number of aliphatic hydroxyl groups is 1. The molecule has 0 aliphatic rings. The molecule has 0 saturated heterocycles. The number of aromatic nitrogens is 1. The number of rotatable bonds is 3. The minimum absolute atomic E-state index is 0.493.